The molecule has 9 heteroatoms. The van der Waals surface area contributed by atoms with Gasteiger partial charge in [-0.1, -0.05) is 41.5 Å². The van der Waals surface area contributed by atoms with Crippen molar-refractivity contribution in [1.82, 2.24) is 0 Å². The molecule has 0 saturated carbocycles. The third-order valence-corrected chi connectivity index (χ3v) is 4.86. The van der Waals surface area contributed by atoms with Crippen LogP contribution in [0, 0.1) is 16.2 Å². The predicted molar refractivity (Wildman–Crippen MR) is 89.2 cm³/mol. The Kier molecular flexibility index (Phi) is 7.87. The molecular formula is C18H29F5O4. The van der Waals surface area contributed by atoms with E-state index in [9.17, 15) is 31.5 Å². The molecule has 0 aliphatic rings. The van der Waals surface area contributed by atoms with Gasteiger partial charge < -0.3 is 9.47 Å². The van der Waals surface area contributed by atoms with Crippen LogP contribution in [0.3, 0.4) is 0 Å². The van der Waals surface area contributed by atoms with E-state index in [0.717, 1.165) is 0 Å². The summed E-state index contributed by atoms with van der Waals surface area (Å²) in [6, 6.07) is 0. The zero-order valence-corrected chi connectivity index (χ0v) is 16.9. The first-order valence-corrected chi connectivity index (χ1v) is 8.56. The fraction of sp³-hybridized carbons (Fsp3) is 0.889. The Balaban J connectivity index is 5.05. The Morgan fingerprint density at radius 3 is 1.70 bits per heavy atom. The van der Waals surface area contributed by atoms with Crippen LogP contribution in [0.2, 0.25) is 0 Å². The lowest BCUT2D eigenvalue weighted by molar-refractivity contribution is -0.294. The van der Waals surface area contributed by atoms with Crippen molar-refractivity contribution in [2.24, 2.45) is 16.2 Å². The second-order valence-electron chi connectivity index (χ2n) is 8.75. The average Bonchev–Trinajstić information content (AvgIpc) is 2.47. The highest BCUT2D eigenvalue weighted by atomic mass is 19.4. The van der Waals surface area contributed by atoms with Crippen LogP contribution in [0.1, 0.15) is 61.3 Å². The molecule has 1 unspecified atom stereocenters. The van der Waals surface area contributed by atoms with Crippen LogP contribution < -0.4 is 0 Å². The van der Waals surface area contributed by atoms with Crippen LogP contribution in [-0.4, -0.2) is 37.3 Å². The standard InChI is InChI=1S/C18H29F5O4/c1-8-15(5,6)16(7,10-14(2,3)4)13(25)26-9-12(24)27-11-17(19,20)18(21,22)23/h8-11H2,1-7H3. The third kappa shape index (κ3) is 6.92. The largest absolute Gasteiger partial charge is 0.456 e. The Bertz CT molecular complexity index is 535. The van der Waals surface area contributed by atoms with Crippen molar-refractivity contribution in [3.63, 3.8) is 0 Å². The SMILES string of the molecule is CCC(C)(C)C(C)(CC(C)(C)C)C(=O)OCC(=O)OCC(F)(F)C(F)(F)F. The summed E-state index contributed by atoms with van der Waals surface area (Å²) in [6.45, 7) is 9.89. The highest BCUT2D eigenvalue weighted by Gasteiger charge is 2.58. The molecule has 0 rings (SSSR count). The Labute approximate surface area is 156 Å². The minimum atomic E-state index is -5.83. The van der Waals surface area contributed by atoms with Gasteiger partial charge in [0.05, 0.1) is 5.41 Å². The van der Waals surface area contributed by atoms with Gasteiger partial charge in [0.15, 0.2) is 13.2 Å². The second kappa shape index (κ2) is 8.31. The first kappa shape index (κ1) is 25.6. The zero-order valence-electron chi connectivity index (χ0n) is 16.9. The highest BCUT2D eigenvalue weighted by Crippen LogP contribution is 2.49. The molecule has 0 aromatic rings. The van der Waals surface area contributed by atoms with Gasteiger partial charge in [-0.3, -0.25) is 4.79 Å². The maximum Gasteiger partial charge on any atom is 0.456 e. The minimum absolute atomic E-state index is 0.254. The molecule has 0 aliphatic heterocycles. The van der Waals surface area contributed by atoms with Crippen LogP contribution in [0.25, 0.3) is 0 Å². The van der Waals surface area contributed by atoms with Crippen molar-refractivity contribution in [2.45, 2.75) is 73.4 Å². The molecule has 0 saturated heterocycles. The number of carbonyl (C=O) groups is 2. The molecule has 4 nitrogen and oxygen atoms in total. The van der Waals surface area contributed by atoms with Crippen molar-refractivity contribution < 1.29 is 41.0 Å². The molecule has 0 aliphatic carbocycles. The number of hydrogen-bond donors (Lipinski definition) is 0. The third-order valence-electron chi connectivity index (χ3n) is 4.86. The molecule has 0 fully saturated rings. The van der Waals surface area contributed by atoms with E-state index >= 15 is 0 Å². The normalized spacial score (nSPS) is 15.9. The number of hydrogen-bond acceptors (Lipinski definition) is 4. The fourth-order valence-electron chi connectivity index (χ4n) is 2.62. The molecule has 27 heavy (non-hydrogen) atoms. The number of rotatable bonds is 8. The van der Waals surface area contributed by atoms with Crippen molar-refractivity contribution >= 4 is 11.9 Å². The van der Waals surface area contributed by atoms with E-state index in [-0.39, 0.29) is 5.41 Å². The fourth-order valence-corrected chi connectivity index (χ4v) is 2.62. The van der Waals surface area contributed by atoms with Crippen LogP contribution in [0.5, 0.6) is 0 Å². The first-order valence-electron chi connectivity index (χ1n) is 8.56. The molecule has 1 atom stereocenters. The Morgan fingerprint density at radius 1 is 0.852 bits per heavy atom. The first-order chi connectivity index (χ1) is 11.8. The van der Waals surface area contributed by atoms with Crippen LogP contribution in [0.4, 0.5) is 22.0 Å². The Morgan fingerprint density at radius 2 is 1.33 bits per heavy atom. The summed E-state index contributed by atoms with van der Waals surface area (Å²) in [7, 11) is 0. The molecule has 0 radical (unpaired) electrons. The number of carbonyl (C=O) groups excluding carboxylic acids is 2. The summed E-state index contributed by atoms with van der Waals surface area (Å²) in [4.78, 5) is 24.1. The van der Waals surface area contributed by atoms with Crippen molar-refractivity contribution in [1.29, 1.82) is 0 Å². The average molecular weight is 404 g/mol. The highest BCUT2D eigenvalue weighted by molar-refractivity contribution is 5.81. The predicted octanol–water partition coefficient (Wildman–Crippen LogP) is 5.15. The van der Waals surface area contributed by atoms with Gasteiger partial charge in [0.1, 0.15) is 0 Å². The molecule has 0 heterocycles. The van der Waals surface area contributed by atoms with E-state index in [1.165, 1.54) is 0 Å². The maximum absolute atomic E-state index is 12.8. The summed E-state index contributed by atoms with van der Waals surface area (Å²) >= 11 is 0. The van der Waals surface area contributed by atoms with Gasteiger partial charge in [-0.15, -0.1) is 0 Å². The second-order valence-corrected chi connectivity index (χ2v) is 8.75. The van der Waals surface area contributed by atoms with Crippen molar-refractivity contribution in [2.75, 3.05) is 13.2 Å². The van der Waals surface area contributed by atoms with Crippen molar-refractivity contribution in [3.8, 4) is 0 Å². The summed E-state index contributed by atoms with van der Waals surface area (Å²) in [6.07, 6.45) is -4.79. The molecule has 0 N–H and O–H groups in total. The number of esters is 2. The molecule has 0 aromatic carbocycles. The molecular weight excluding hydrogens is 375 g/mol. The molecule has 0 spiro atoms. The molecule has 0 amide bonds. The van der Waals surface area contributed by atoms with Gasteiger partial charge in [-0.25, -0.2) is 4.79 Å². The van der Waals surface area contributed by atoms with Gasteiger partial charge in [-0.05, 0) is 30.6 Å². The lowest BCUT2D eigenvalue weighted by Gasteiger charge is -2.45. The van der Waals surface area contributed by atoms with Crippen molar-refractivity contribution in [3.05, 3.63) is 0 Å². The van der Waals surface area contributed by atoms with E-state index in [1.807, 2.05) is 41.5 Å². The van der Waals surface area contributed by atoms with Crippen LogP contribution in [0.15, 0.2) is 0 Å². The lowest BCUT2D eigenvalue weighted by Crippen LogP contribution is -2.46. The van der Waals surface area contributed by atoms with E-state index < -0.39 is 48.1 Å². The van der Waals surface area contributed by atoms with Crippen LogP contribution in [-0.2, 0) is 19.1 Å². The van der Waals surface area contributed by atoms with E-state index in [0.29, 0.717) is 12.8 Å². The Hall–Kier alpha value is -1.41. The van der Waals surface area contributed by atoms with Gasteiger partial charge in [-0.2, -0.15) is 22.0 Å². The van der Waals surface area contributed by atoms with Gasteiger partial charge >= 0.3 is 24.0 Å². The quantitative estimate of drug-likeness (QED) is 0.415. The van der Waals surface area contributed by atoms with E-state index in [4.69, 9.17) is 4.74 Å². The maximum atomic E-state index is 12.8. The summed E-state index contributed by atoms with van der Waals surface area (Å²) in [5.41, 5.74) is -1.77. The zero-order chi connectivity index (χ0) is 21.9. The molecule has 0 aromatic heterocycles. The van der Waals surface area contributed by atoms with Gasteiger partial charge in [0.2, 0.25) is 0 Å². The molecule has 160 valence electrons. The molecule has 0 bridgehead atoms. The number of ether oxygens (including phenoxy) is 2. The minimum Gasteiger partial charge on any atom is -0.456 e. The van der Waals surface area contributed by atoms with E-state index in [2.05, 4.69) is 4.74 Å². The monoisotopic (exact) mass is 404 g/mol. The number of halogens is 5. The smallest absolute Gasteiger partial charge is 0.456 e. The van der Waals surface area contributed by atoms with Gasteiger partial charge in [0.25, 0.3) is 0 Å². The summed E-state index contributed by atoms with van der Waals surface area (Å²) in [5.74, 6) is -7.37. The lowest BCUT2D eigenvalue weighted by atomic mass is 9.59. The topological polar surface area (TPSA) is 52.6 Å². The summed E-state index contributed by atoms with van der Waals surface area (Å²) < 4.78 is 70.5. The van der Waals surface area contributed by atoms with Gasteiger partial charge in [0, 0.05) is 0 Å². The number of alkyl halides is 5. The van der Waals surface area contributed by atoms with Crippen LogP contribution >= 0.6 is 0 Å². The summed E-state index contributed by atoms with van der Waals surface area (Å²) in [5, 5.41) is 0. The van der Waals surface area contributed by atoms with E-state index in [1.54, 1.807) is 6.92 Å².